The number of phenolic OH excluding ortho intramolecular Hbond substituents is 2. The number of nitrogens with one attached hydrogen (secondary N) is 10. The number of carbonyl (C=O) groups is 16. The molecule has 37 nitrogen and oxygen atoms in total. The summed E-state index contributed by atoms with van der Waals surface area (Å²) >= 11 is 0.817. The third-order valence-electron chi connectivity index (χ3n) is 24.6. The predicted molar refractivity (Wildman–Crippen MR) is 523 cm³/mol. The maximum Gasteiger partial charge on any atom is 0.303 e. The van der Waals surface area contributed by atoms with Gasteiger partial charge in [0.2, 0.25) is 88.6 Å². The number of rotatable bonds is 28. The van der Waals surface area contributed by atoms with Gasteiger partial charge in [-0.25, -0.2) is 0 Å². The number of fused-ring (bicyclic) bond motifs is 2. The number of hydrogen-bond acceptors (Lipinski definition) is 20. The number of hydrogen-bond donors (Lipinski definition) is 16. The summed E-state index contributed by atoms with van der Waals surface area (Å²) in [5, 5.41) is 56.7. The zero-order valence-electron chi connectivity index (χ0n) is 78.8. The number of amides is 15. The zero-order chi connectivity index (χ0) is 100. The van der Waals surface area contributed by atoms with Crippen LogP contribution in [0.4, 0.5) is 0 Å². The number of nitrogens with two attached hydrogens (primary N) is 3. The molecule has 0 bridgehead atoms. The Labute approximate surface area is 808 Å². The summed E-state index contributed by atoms with van der Waals surface area (Å²) in [4.78, 5) is 250. The molecule has 0 radical (unpaired) electrons. The number of phenols is 2. The summed E-state index contributed by atoms with van der Waals surface area (Å²) in [5.74, 6) is -16.7. The lowest BCUT2D eigenvalue weighted by molar-refractivity contribution is -0.153. The molecule has 13 atom stereocenters. The third kappa shape index (κ3) is 31.8. The SMILES string of the molecule is CCCC[C@H]1C(=O)N(C)[C@H](CCC(=O)O)C(=O)N[C@@H](CC(N)=P)C(=O)N[C@@H](C(C)C)C(=O)N(C)[C@@H](Cc2ccccc2)C(=O)N[C@@H](Cc2ccc(O)cc2)C(=O)N2CCCC[C@@H]2C(=O)N[C@@H](Cc2c[nH]c3ccccc23)C(=O)N[C@@H](Cc2ccc(O)cc2)C(=O)N[C@@H](CCCCN)C(=O)N[C@H](C(=O)NCC(N)=O)CSCC(=O)N[C@@H](Cc2ccccc2)C(=O)N(C)[C@@H](Cc2ccccc2)C(=O)N1C. The minimum absolute atomic E-state index is 0.0236. The number of piperidine rings is 1. The minimum Gasteiger partial charge on any atom is -0.508 e. The van der Waals surface area contributed by atoms with Crippen LogP contribution in [0.5, 0.6) is 11.5 Å². The molecule has 15 amide bonds. The molecule has 39 heteroatoms. The van der Waals surface area contributed by atoms with Crippen LogP contribution in [-0.4, -0.2) is 283 Å². The quantitative estimate of drug-likeness (QED) is 0.0248. The molecule has 9 rings (SSSR count). The standard InChI is InChI=1S/C99H129N18O19PS/c1-8-9-34-79-97(134)113(4)77(44-45-85(122)123)92(129)109-73(54-83(102)137)91(128)112-86(59(2)3)99(136)115(6)80(51-61-27-15-11-16-28-61)94(131)110-75(50-64-38-42-67(119)43-39-64)96(133)117-47-24-22-35-78(117)93(130)108-72(53-65-55-103-69-32-20-19-31-68(65)69)90(127)107-71(48-63-36-40-66(118)41-37-63)89(126)106-70(33-21-23-46-100)88(125)111-76(87(124)104-56-82(101)120)57-138-58-84(121)105-74(49-60-25-13-10-14-26-60)95(132)116(7)81(98(135)114(79)5)52-62-29-17-12-18-30-62/h10-20,25-32,36-43,55,59,70-81,86,103,118-119,137H,8-9,21-24,33-35,44-54,56-58,100,102H2,1-7H3,(H2,101,120)(H,104,124)(H,105,121)(H,106,126)(H,107,127)(H,108,130)(H,109,129)(H,110,131)(H,111,125)(H,112,128)(H,122,123)/t70-,71-,72-,73-,74-,75-,76-,77+,78+,79-,80-,81-,86-/m0/s1. The van der Waals surface area contributed by atoms with Crippen molar-refractivity contribution < 1.29 is 92.0 Å². The van der Waals surface area contributed by atoms with Crippen LogP contribution in [-0.2, 0) is 115 Å². The van der Waals surface area contributed by atoms with Gasteiger partial charge in [-0.1, -0.05) is 167 Å². The van der Waals surface area contributed by atoms with Gasteiger partial charge in [0, 0.05) is 114 Å². The first kappa shape index (κ1) is 108. The van der Waals surface area contributed by atoms with Gasteiger partial charge in [-0.2, -0.15) is 0 Å². The number of carboxylic acid groups (broad SMARTS) is 1. The Morgan fingerprint density at radius 2 is 0.957 bits per heavy atom. The van der Waals surface area contributed by atoms with E-state index in [2.05, 4.69) is 61.7 Å². The van der Waals surface area contributed by atoms with E-state index in [0.717, 1.165) is 31.4 Å². The summed E-state index contributed by atoms with van der Waals surface area (Å²) in [6, 6.07) is 24.5. The second kappa shape index (κ2) is 53.2. The molecular formula is C99H129N18O19PS. The summed E-state index contributed by atoms with van der Waals surface area (Å²) < 4.78 is 0. The average molecular weight is 1940 g/mol. The number of thioether (sulfide) groups is 1. The van der Waals surface area contributed by atoms with Gasteiger partial charge in [0.1, 0.15) is 90.0 Å². The van der Waals surface area contributed by atoms with E-state index in [1.807, 2.05) is 6.92 Å². The molecule has 7 aromatic rings. The Bertz CT molecular complexity index is 5390. The molecule has 6 aromatic carbocycles. The molecule has 138 heavy (non-hydrogen) atoms. The largest absolute Gasteiger partial charge is 0.508 e. The number of likely N-dealkylation sites (N-methyl/N-ethyl adjacent to an activating group) is 4. The second-order valence-electron chi connectivity index (χ2n) is 35.3. The van der Waals surface area contributed by atoms with Crippen molar-refractivity contribution in [2.45, 2.75) is 215 Å². The number of benzene rings is 6. The molecule has 2 aliphatic heterocycles. The van der Waals surface area contributed by atoms with Crippen LogP contribution in [0.25, 0.3) is 10.9 Å². The van der Waals surface area contributed by atoms with Gasteiger partial charge in [0.15, 0.2) is 0 Å². The summed E-state index contributed by atoms with van der Waals surface area (Å²) in [5.41, 5.74) is 21.4. The highest BCUT2D eigenvalue weighted by Crippen LogP contribution is 2.28. The van der Waals surface area contributed by atoms with E-state index in [0.29, 0.717) is 76.4 Å². The van der Waals surface area contributed by atoms with Crippen LogP contribution >= 0.6 is 20.6 Å². The average Bonchev–Trinajstić information content (AvgIpc) is 1.55. The normalized spacial score (nSPS) is 22.8. The lowest BCUT2D eigenvalue weighted by Gasteiger charge is -2.38. The number of primary amides is 1. The van der Waals surface area contributed by atoms with Gasteiger partial charge in [-0.05, 0) is 128 Å². The van der Waals surface area contributed by atoms with Crippen LogP contribution in [0.1, 0.15) is 131 Å². The Kier molecular flexibility index (Phi) is 41.7. The lowest BCUT2D eigenvalue weighted by atomic mass is 9.96. The first-order valence-corrected chi connectivity index (χ1v) is 48.0. The topological polar surface area (TPSA) is 552 Å². The fourth-order valence-corrected chi connectivity index (χ4v) is 17.9. The number of nitrogens with zero attached hydrogens (tertiary/aromatic N) is 5. The highest BCUT2D eigenvalue weighted by Gasteiger charge is 2.45. The van der Waals surface area contributed by atoms with E-state index >= 15 is 57.5 Å². The predicted octanol–water partition coefficient (Wildman–Crippen LogP) is 2.71. The van der Waals surface area contributed by atoms with Crippen LogP contribution < -0.4 is 65.1 Å². The van der Waals surface area contributed by atoms with E-state index in [-0.39, 0.29) is 94.2 Å². The van der Waals surface area contributed by atoms with E-state index in [1.165, 1.54) is 81.6 Å². The molecule has 0 saturated carbocycles. The van der Waals surface area contributed by atoms with Gasteiger partial charge >= 0.3 is 5.97 Å². The van der Waals surface area contributed by atoms with Gasteiger partial charge in [0.25, 0.3) is 0 Å². The first-order chi connectivity index (χ1) is 65.9. The smallest absolute Gasteiger partial charge is 0.303 e. The molecule has 3 heterocycles. The monoisotopic (exact) mass is 1940 g/mol. The van der Waals surface area contributed by atoms with Crippen molar-refractivity contribution in [1.82, 2.24) is 77.3 Å². The summed E-state index contributed by atoms with van der Waals surface area (Å²) in [6.45, 7) is 4.43. The molecule has 0 spiro atoms. The molecular weight excluding hydrogens is 1810 g/mol. The number of aromatic amines is 1. The van der Waals surface area contributed by atoms with Crippen molar-refractivity contribution in [3.63, 3.8) is 0 Å². The fraction of sp³-hybridized carbons (Fsp3) is 0.444. The number of aliphatic carboxylic acids is 1. The minimum atomic E-state index is -1.70. The number of carboxylic acids is 1. The molecule has 2 fully saturated rings. The van der Waals surface area contributed by atoms with Crippen molar-refractivity contribution >= 4 is 132 Å². The molecule has 2 aliphatic rings. The van der Waals surface area contributed by atoms with Crippen molar-refractivity contribution in [2.75, 3.05) is 59.3 Å². The van der Waals surface area contributed by atoms with E-state index in [1.54, 1.807) is 135 Å². The highest BCUT2D eigenvalue weighted by molar-refractivity contribution is 8.00. The van der Waals surface area contributed by atoms with E-state index in [4.69, 9.17) is 17.2 Å². The van der Waals surface area contributed by atoms with Crippen molar-refractivity contribution in [1.29, 1.82) is 0 Å². The highest BCUT2D eigenvalue weighted by atomic mass is 32.2. The number of aromatic hydroxyl groups is 2. The molecule has 740 valence electrons. The Balaban J connectivity index is 1.16. The Hall–Kier alpha value is -13.6. The van der Waals surface area contributed by atoms with E-state index in [9.17, 15) is 34.5 Å². The molecule has 0 aliphatic carbocycles. The van der Waals surface area contributed by atoms with Crippen LogP contribution in [0.15, 0.2) is 170 Å². The van der Waals surface area contributed by atoms with E-state index < -0.39 is 216 Å². The fourth-order valence-electron chi connectivity index (χ4n) is 16.8. The number of aromatic nitrogens is 1. The lowest BCUT2D eigenvalue weighted by Crippen LogP contribution is -2.63. The maximum absolute atomic E-state index is 16.0. The van der Waals surface area contributed by atoms with Gasteiger partial charge in [-0.3, -0.25) is 76.7 Å². The van der Waals surface area contributed by atoms with Crippen molar-refractivity contribution in [2.24, 2.45) is 23.1 Å². The van der Waals surface area contributed by atoms with Crippen LogP contribution in [0, 0.1) is 5.92 Å². The van der Waals surface area contributed by atoms with Gasteiger partial charge in [-0.15, -0.1) is 20.6 Å². The summed E-state index contributed by atoms with van der Waals surface area (Å²) in [6.07, 6.45) is 0.491. The van der Waals surface area contributed by atoms with Crippen molar-refractivity contribution in [3.05, 3.63) is 203 Å². The number of H-pyrrole nitrogens is 1. The molecule has 0 unspecified atom stereocenters. The Morgan fingerprint density at radius 3 is 1.53 bits per heavy atom. The van der Waals surface area contributed by atoms with Gasteiger partial charge in [0.05, 0.1) is 12.3 Å². The molecule has 2 saturated heterocycles. The number of para-hydroxylation sites is 1. The first-order valence-electron chi connectivity index (χ1n) is 46.3. The number of carbonyl (C=O) groups excluding carboxylic acids is 15. The van der Waals surface area contributed by atoms with Crippen molar-refractivity contribution in [3.8, 4) is 11.5 Å². The Morgan fingerprint density at radius 1 is 0.478 bits per heavy atom. The third-order valence-corrected chi connectivity index (χ3v) is 25.9. The van der Waals surface area contributed by atoms with Crippen LogP contribution in [0.2, 0.25) is 0 Å². The summed E-state index contributed by atoms with van der Waals surface area (Å²) in [7, 11) is 8.56. The second-order valence-corrected chi connectivity index (χ2v) is 37.0. The number of unbranched alkanes of at least 4 members (excludes halogenated alkanes) is 2. The van der Waals surface area contributed by atoms with Gasteiger partial charge < -0.3 is 110 Å². The van der Waals surface area contributed by atoms with Crippen LogP contribution in [0.3, 0.4) is 0 Å². The zero-order valence-corrected chi connectivity index (χ0v) is 80.6. The molecule has 19 N–H and O–H groups in total. The maximum atomic E-state index is 16.0. The molecule has 1 aromatic heterocycles.